The molecule has 6 aromatic rings. The van der Waals surface area contributed by atoms with E-state index in [9.17, 15) is 0 Å². The van der Waals surface area contributed by atoms with E-state index in [1.807, 2.05) is 133 Å². The van der Waals surface area contributed by atoms with Gasteiger partial charge in [0.2, 0.25) is 0 Å². The molecule has 0 aliphatic carbocycles. The summed E-state index contributed by atoms with van der Waals surface area (Å²) in [6.07, 6.45) is 25.0. The molecule has 0 fully saturated rings. The number of aromatic nitrogens is 6. The van der Waals surface area contributed by atoms with E-state index in [-0.39, 0.29) is 34.0 Å². The van der Waals surface area contributed by atoms with E-state index < -0.39 is 0 Å². The van der Waals surface area contributed by atoms with Crippen molar-refractivity contribution in [2.75, 3.05) is 46.8 Å². The Morgan fingerprint density at radius 2 is 0.919 bits per heavy atom. The first-order chi connectivity index (χ1) is 29.2. The average molecular weight is 1100 g/mol. The number of para-hydroxylation sites is 3. The Balaban J connectivity index is 0.000000437. The van der Waals surface area contributed by atoms with Crippen LogP contribution >= 0.6 is 31.9 Å². The highest BCUT2D eigenvalue weighted by Crippen LogP contribution is 2.13. The lowest BCUT2D eigenvalue weighted by Gasteiger charge is -2.11. The molecule has 3 heterocycles. The van der Waals surface area contributed by atoms with Crippen molar-refractivity contribution >= 4 is 67.6 Å². The van der Waals surface area contributed by atoms with E-state index in [0.29, 0.717) is 0 Å². The summed E-state index contributed by atoms with van der Waals surface area (Å²) in [7, 11) is 11.9. The summed E-state index contributed by atoms with van der Waals surface area (Å²) in [5.41, 5.74) is 3.18. The number of nitrogens with zero attached hydrogens (tertiary/aromatic N) is 12. The van der Waals surface area contributed by atoms with Crippen LogP contribution in [0.3, 0.4) is 0 Å². The molecule has 0 aliphatic heterocycles. The summed E-state index contributed by atoms with van der Waals surface area (Å²) in [5.74, 6) is 3.00. The molecular weight excluding hydrogens is 1040 g/mol. The number of imidazole rings is 3. The Labute approximate surface area is 407 Å². The van der Waals surface area contributed by atoms with Crippen LogP contribution in [0.25, 0.3) is 0 Å². The smallest absolute Gasteiger partial charge is 0.301 e. The lowest BCUT2D eigenvalue weighted by atomic mass is 10.2. The minimum Gasteiger partial charge on any atom is -1.00 e. The predicted molar refractivity (Wildman–Crippen MR) is 257 cm³/mol. The molecular formula is C46H62Br4N12. The van der Waals surface area contributed by atoms with Crippen LogP contribution in [0.15, 0.2) is 143 Å². The van der Waals surface area contributed by atoms with Gasteiger partial charge < -0.3 is 38.5 Å². The van der Waals surface area contributed by atoms with Crippen molar-refractivity contribution in [2.45, 2.75) is 51.6 Å². The molecule has 0 saturated heterocycles. The monoisotopic (exact) mass is 1100 g/mol. The second-order valence-electron chi connectivity index (χ2n) is 14.1. The molecule has 0 unspecified atom stereocenters. The summed E-state index contributed by atoms with van der Waals surface area (Å²) in [4.78, 5) is 4.17. The number of unbranched alkanes of at least 4 members (excludes halogenated alkanes) is 4. The zero-order valence-electron chi connectivity index (χ0n) is 36.8. The molecule has 16 heteroatoms. The Morgan fingerprint density at radius 3 is 1.27 bits per heavy atom. The summed E-state index contributed by atoms with van der Waals surface area (Å²) in [6.45, 7) is 1.93. The molecule has 12 nitrogen and oxygen atoms in total. The highest BCUT2D eigenvalue weighted by Gasteiger charge is 2.15. The van der Waals surface area contributed by atoms with Crippen molar-refractivity contribution in [2.24, 2.45) is 36.4 Å². The maximum Gasteiger partial charge on any atom is 0.301 e. The van der Waals surface area contributed by atoms with Gasteiger partial charge in [0, 0.05) is 51.2 Å². The van der Waals surface area contributed by atoms with Crippen molar-refractivity contribution in [1.82, 2.24) is 18.7 Å². The fourth-order valence-electron chi connectivity index (χ4n) is 5.93. The van der Waals surface area contributed by atoms with Crippen molar-refractivity contribution in [3.8, 4) is 0 Å². The SMILES string of the molecule is BrCCCCCBr.CN(/N=C/c1n(CCCCCn2cc[n+](C)c2/C=N/N(C)c2ccccc2)cc[n+]1C)c1ccccc1.CN(/N=C/c1nccn1C)c1ccccc1.[Br-].[Br-]. The maximum atomic E-state index is 4.65. The summed E-state index contributed by atoms with van der Waals surface area (Å²) >= 11 is 6.73. The van der Waals surface area contributed by atoms with Crippen LogP contribution in [0.2, 0.25) is 0 Å². The van der Waals surface area contributed by atoms with Crippen molar-refractivity contribution < 1.29 is 43.1 Å². The van der Waals surface area contributed by atoms with E-state index in [1.54, 1.807) is 12.4 Å². The summed E-state index contributed by atoms with van der Waals surface area (Å²) in [5, 5.41) is 21.5. The van der Waals surface area contributed by atoms with Gasteiger partial charge in [0.05, 0.1) is 50.5 Å². The van der Waals surface area contributed by atoms with E-state index >= 15 is 0 Å². The van der Waals surface area contributed by atoms with Gasteiger partial charge in [-0.05, 0) is 68.5 Å². The minimum absolute atomic E-state index is 0. The lowest BCUT2D eigenvalue weighted by molar-refractivity contribution is -0.672. The van der Waals surface area contributed by atoms with Gasteiger partial charge in [-0.15, -0.1) is 0 Å². The number of benzene rings is 3. The largest absolute Gasteiger partial charge is 1.00 e. The van der Waals surface area contributed by atoms with E-state index in [4.69, 9.17) is 0 Å². The third-order valence-corrected chi connectivity index (χ3v) is 10.7. The van der Waals surface area contributed by atoms with Crippen LogP contribution in [0.4, 0.5) is 17.1 Å². The van der Waals surface area contributed by atoms with Crippen LogP contribution in [0.5, 0.6) is 0 Å². The second kappa shape index (κ2) is 30.6. The number of anilines is 3. The molecule has 62 heavy (non-hydrogen) atoms. The molecule has 334 valence electrons. The van der Waals surface area contributed by atoms with Gasteiger partial charge in [-0.25, -0.2) is 23.3 Å². The van der Waals surface area contributed by atoms with Crippen LogP contribution in [-0.2, 0) is 34.2 Å². The number of hydrogen-bond acceptors (Lipinski definition) is 7. The van der Waals surface area contributed by atoms with Gasteiger partial charge in [0.25, 0.3) is 0 Å². The number of hydrazone groups is 3. The van der Waals surface area contributed by atoms with Crippen molar-refractivity contribution in [1.29, 1.82) is 0 Å². The minimum atomic E-state index is 0. The number of alkyl halides is 2. The van der Waals surface area contributed by atoms with Crippen molar-refractivity contribution in [3.05, 3.63) is 146 Å². The highest BCUT2D eigenvalue weighted by molar-refractivity contribution is 9.09. The van der Waals surface area contributed by atoms with Gasteiger partial charge in [0.1, 0.15) is 37.2 Å². The Hall–Kier alpha value is -4.38. The molecule has 0 radical (unpaired) electrons. The van der Waals surface area contributed by atoms with Crippen molar-refractivity contribution in [3.63, 3.8) is 0 Å². The van der Waals surface area contributed by atoms with Crippen LogP contribution in [0, 0.1) is 0 Å². The van der Waals surface area contributed by atoms with Crippen LogP contribution < -0.4 is 58.1 Å². The van der Waals surface area contributed by atoms with Gasteiger partial charge in [-0.2, -0.15) is 15.3 Å². The first kappa shape index (κ1) is 53.8. The zero-order chi connectivity index (χ0) is 43.0. The molecule has 0 bridgehead atoms. The van der Waals surface area contributed by atoms with E-state index in [0.717, 1.165) is 77.5 Å². The molecule has 3 aromatic carbocycles. The third-order valence-electron chi connectivity index (χ3n) is 9.60. The fraction of sp³-hybridized carbons (Fsp3) is 0.348. The number of rotatable bonds is 19. The molecule has 3 aromatic heterocycles. The molecule has 0 aliphatic rings. The van der Waals surface area contributed by atoms with Crippen LogP contribution in [-0.4, -0.2) is 69.1 Å². The lowest BCUT2D eigenvalue weighted by Crippen LogP contribution is -3.00. The maximum absolute atomic E-state index is 4.65. The van der Waals surface area contributed by atoms with Gasteiger partial charge in [0.15, 0.2) is 5.82 Å². The molecule has 6 rings (SSSR count). The van der Waals surface area contributed by atoms with E-state index in [1.165, 1.54) is 19.3 Å². The summed E-state index contributed by atoms with van der Waals surface area (Å²) in [6, 6.07) is 30.3. The zero-order valence-corrected chi connectivity index (χ0v) is 43.1. The highest BCUT2D eigenvalue weighted by atomic mass is 79.9. The van der Waals surface area contributed by atoms with Gasteiger partial charge >= 0.3 is 11.6 Å². The second-order valence-corrected chi connectivity index (χ2v) is 15.7. The molecule has 0 atom stereocenters. The molecule has 0 N–H and O–H groups in total. The van der Waals surface area contributed by atoms with E-state index in [2.05, 4.69) is 134 Å². The fourth-order valence-corrected chi connectivity index (χ4v) is 6.73. The Bertz CT molecular complexity index is 2050. The Morgan fingerprint density at radius 1 is 0.548 bits per heavy atom. The third kappa shape index (κ3) is 18.5. The number of halogens is 4. The Kier molecular flexibility index (Phi) is 26.6. The molecule has 0 amide bonds. The van der Waals surface area contributed by atoms with Gasteiger partial charge in [-0.1, -0.05) is 92.9 Å². The standard InChI is InChI=1S/C29H38N8.C12H14N4.C5H10Br2.2BrH/c1-32-20-22-36(28(32)24-30-34(3)26-14-8-5-9-15-26)18-12-7-13-19-37-23-21-33(2)29(37)25-31-35(4)27-16-10-6-11-17-27;1-15-9-8-13-12(15)10-14-16(2)11-6-4-3-5-7-11;6-4-2-1-3-5-7;;/h5-6,8-11,14-17,20-25H,7,12-13,18-19H2,1-4H3;3-10H,1-2H3;1-5H2;2*1H/q+2;;;;/p-2/b;14-10+;;;. The summed E-state index contributed by atoms with van der Waals surface area (Å²) < 4.78 is 10.7. The van der Waals surface area contributed by atoms with Gasteiger partial charge in [-0.3, -0.25) is 15.0 Å². The molecule has 0 saturated carbocycles. The quantitative estimate of drug-likeness (QED) is 0.0412. The number of hydrogen-bond donors (Lipinski definition) is 0. The first-order valence-electron chi connectivity index (χ1n) is 20.4. The predicted octanol–water partition coefficient (Wildman–Crippen LogP) is 2.59. The molecule has 0 spiro atoms. The average Bonchev–Trinajstić information content (AvgIpc) is 3.98. The first-order valence-corrected chi connectivity index (χ1v) is 22.6. The topological polar surface area (TPSA) is 82.2 Å². The number of aryl methyl sites for hydroxylation is 5. The van der Waals surface area contributed by atoms with Crippen LogP contribution in [0.1, 0.15) is 56.0 Å². The normalized spacial score (nSPS) is 10.8.